The number of methoxy groups -OCH3 is 1. The maximum Gasteiger partial charge on any atom is 0.209 e. The van der Waals surface area contributed by atoms with Gasteiger partial charge < -0.3 is 15.5 Å². The molecule has 1 aromatic carbocycles. The first-order valence-corrected chi connectivity index (χ1v) is 6.18. The van der Waals surface area contributed by atoms with Crippen molar-refractivity contribution in [3.05, 3.63) is 30.0 Å². The molecule has 0 bridgehead atoms. The largest absolute Gasteiger partial charge is 0.497 e. The molecule has 2 rings (SSSR count). The summed E-state index contributed by atoms with van der Waals surface area (Å²) in [5.41, 5.74) is 9.12. The van der Waals surface area contributed by atoms with Crippen LogP contribution in [0.4, 0.5) is 0 Å². The third kappa shape index (κ3) is 4.25. The number of aromatic nitrogens is 1. The summed E-state index contributed by atoms with van der Waals surface area (Å²) in [7, 11) is 1.51. The van der Waals surface area contributed by atoms with Gasteiger partial charge in [-0.25, -0.2) is 5.43 Å². The minimum Gasteiger partial charge on any atom is -0.497 e. The zero-order valence-electron chi connectivity index (χ0n) is 22.8. The van der Waals surface area contributed by atoms with E-state index in [9.17, 15) is 0 Å². The number of benzene rings is 1. The topological polar surface area (TPSA) is 87.8 Å². The van der Waals surface area contributed by atoms with Gasteiger partial charge in [0, 0.05) is 41.5 Å². The molecule has 6 heteroatoms. The molecule has 0 radical (unpaired) electrons. The normalized spacial score (nSPS) is 22.8. The Hall–Kier alpha value is -2.50. The van der Waals surface area contributed by atoms with Crippen LogP contribution in [0.25, 0.3) is 10.9 Å². The fraction of sp³-hybridized carbons (Fsp3) is 0.375. The second-order valence-corrected chi connectivity index (χ2v) is 4.01. The number of nitrogens with zero attached hydrogens (tertiary/aromatic N) is 2. The van der Waals surface area contributed by atoms with E-state index in [1.54, 1.807) is 24.4 Å². The monoisotopic (exact) mass is 312 g/mol. The van der Waals surface area contributed by atoms with E-state index in [2.05, 4.69) is 20.5 Å². The number of nitrogens with two attached hydrogens (primary N) is 1. The van der Waals surface area contributed by atoms with Crippen molar-refractivity contribution in [2.45, 2.75) is 26.0 Å². The number of guanidine groups is 1. The molecule has 0 aliphatic carbocycles. The number of H-pyrrole nitrogens is 1. The van der Waals surface area contributed by atoms with Crippen molar-refractivity contribution in [1.82, 2.24) is 10.4 Å². The quantitative estimate of drug-likeness (QED) is 0.417. The maximum atomic E-state index is 7.86. The van der Waals surface area contributed by atoms with E-state index in [-0.39, 0.29) is 0 Å². The number of hydrazone groups is 1. The molecule has 0 fully saturated rings. The number of aliphatic imine (C=N–C) groups is 1. The lowest BCUT2D eigenvalue weighted by Crippen LogP contribution is -2.27. The first-order chi connectivity index (χ1) is 14.9. The van der Waals surface area contributed by atoms with Crippen LogP contribution < -0.4 is 15.9 Å². The molecule has 0 aliphatic heterocycles. The highest BCUT2D eigenvalue weighted by Gasteiger charge is 2.03. The summed E-state index contributed by atoms with van der Waals surface area (Å²) in [6.45, 7) is -7.03. The molecule has 0 spiro atoms. The summed E-state index contributed by atoms with van der Waals surface area (Å²) in [6.07, 6.45) is -8.33. The van der Waals surface area contributed by atoms with Crippen LogP contribution in [0, 0.1) is 0 Å². The molecule has 0 unspecified atom stereocenters. The molecule has 4 N–H and O–H groups in total. The van der Waals surface area contributed by atoms with Crippen LogP contribution in [0.2, 0.25) is 0 Å². The predicted octanol–water partition coefficient (Wildman–Crippen LogP) is 2.60. The highest BCUT2D eigenvalue weighted by molar-refractivity contribution is 5.99. The Bertz CT molecular complexity index is 1060. The van der Waals surface area contributed by atoms with E-state index in [0.717, 1.165) is 10.9 Å². The van der Waals surface area contributed by atoms with Crippen molar-refractivity contribution in [2.75, 3.05) is 13.6 Å². The Kier molecular flexibility index (Phi) is 2.47. The van der Waals surface area contributed by atoms with Crippen LogP contribution in [0.1, 0.15) is 46.6 Å². The Balaban J connectivity index is 2.27. The van der Waals surface area contributed by atoms with Gasteiger partial charge in [0.05, 0.1) is 16.1 Å². The Morgan fingerprint density at radius 3 is 3.27 bits per heavy atom. The summed E-state index contributed by atoms with van der Waals surface area (Å²) in [4.78, 5) is 6.27. The van der Waals surface area contributed by atoms with Crippen molar-refractivity contribution in [2.24, 2.45) is 15.8 Å². The molecule has 118 valence electrons. The molecule has 6 nitrogen and oxygen atoms in total. The molecule has 0 aliphatic rings. The van der Waals surface area contributed by atoms with Crippen molar-refractivity contribution in [3.8, 4) is 5.75 Å². The molecule has 0 amide bonds. The standard InChI is InChI=1S/C16H23N5O/c1-3-4-5-8-18-16(17)21-20-11-12-10-19-15-7-6-13(22-2)9-14(12)15/h6-7,9-11,19H,3-5,8H2,1-2H3,(H3,17,18,21)/b20-11-/i1D3,3D2,4D2,5D2,8D2. The van der Waals surface area contributed by atoms with Crippen molar-refractivity contribution in [1.29, 1.82) is 0 Å². The molecule has 1 heterocycles. The zero-order chi connectivity index (χ0) is 25.5. The van der Waals surface area contributed by atoms with Crippen molar-refractivity contribution < 1.29 is 19.8 Å². The van der Waals surface area contributed by atoms with E-state index in [1.807, 2.05) is 0 Å². The third-order valence-corrected chi connectivity index (χ3v) is 2.66. The number of hydrogen-bond acceptors (Lipinski definition) is 3. The van der Waals surface area contributed by atoms with Crippen LogP contribution in [-0.4, -0.2) is 30.8 Å². The predicted molar refractivity (Wildman–Crippen MR) is 91.6 cm³/mol. The zero-order valence-corrected chi connectivity index (χ0v) is 11.8. The van der Waals surface area contributed by atoms with E-state index < -0.39 is 38.4 Å². The Morgan fingerprint density at radius 1 is 1.55 bits per heavy atom. The molecule has 0 saturated carbocycles. The average molecular weight is 312 g/mol. The summed E-state index contributed by atoms with van der Waals surface area (Å²) in [6, 6.07) is 5.29. The van der Waals surface area contributed by atoms with Crippen molar-refractivity contribution >= 4 is 23.1 Å². The number of nitrogens with one attached hydrogen (secondary N) is 2. The number of rotatable bonds is 7. The van der Waals surface area contributed by atoms with Gasteiger partial charge in [-0.3, -0.25) is 4.99 Å². The summed E-state index contributed by atoms with van der Waals surface area (Å²) < 4.78 is 88.8. The minimum atomic E-state index is -3.81. The summed E-state index contributed by atoms with van der Waals surface area (Å²) in [5.74, 6) is -0.143. The summed E-state index contributed by atoms with van der Waals surface area (Å²) in [5, 5.41) is 4.55. The van der Waals surface area contributed by atoms with Crippen molar-refractivity contribution in [3.63, 3.8) is 0 Å². The first-order valence-electron chi connectivity index (χ1n) is 11.7. The Labute approximate surface area is 145 Å². The van der Waals surface area contributed by atoms with Gasteiger partial charge in [0.1, 0.15) is 5.75 Å². The van der Waals surface area contributed by atoms with Crippen LogP contribution in [0.3, 0.4) is 0 Å². The molecule has 0 saturated heterocycles. The lowest BCUT2D eigenvalue weighted by Gasteiger charge is -2.00. The van der Waals surface area contributed by atoms with Crippen LogP contribution in [0.15, 0.2) is 34.5 Å². The molecule has 22 heavy (non-hydrogen) atoms. The van der Waals surface area contributed by atoms with Crippen LogP contribution in [0.5, 0.6) is 5.75 Å². The fourth-order valence-corrected chi connectivity index (χ4v) is 1.70. The molecular formula is C16H23N5O. The highest BCUT2D eigenvalue weighted by atomic mass is 16.5. The van der Waals surface area contributed by atoms with Gasteiger partial charge in [-0.1, -0.05) is 19.6 Å². The second-order valence-electron chi connectivity index (χ2n) is 4.01. The van der Waals surface area contributed by atoms with E-state index in [0.29, 0.717) is 11.3 Å². The van der Waals surface area contributed by atoms with Gasteiger partial charge in [0.25, 0.3) is 0 Å². The minimum absolute atomic E-state index is 0.602. The summed E-state index contributed by atoms with van der Waals surface area (Å²) >= 11 is 0. The SMILES string of the molecule is [2H]C([2H])([2H])C([2H])([2H])C([2H])([2H])C([2H])([2H])C([2H])([2H])N=C(N)N/N=C\c1c[nH]c2ccc(OC)cc12. The molecule has 0 atom stereocenters. The lowest BCUT2D eigenvalue weighted by atomic mass is 10.2. The number of fused-ring (bicyclic) bond motifs is 1. The number of ether oxygens (including phenoxy) is 1. The molecular weight excluding hydrogens is 278 g/mol. The first kappa shape index (κ1) is 6.73. The van der Waals surface area contributed by atoms with E-state index in [1.165, 1.54) is 13.3 Å². The average Bonchev–Trinajstić information content (AvgIpc) is 3.08. The van der Waals surface area contributed by atoms with Gasteiger partial charge in [-0.15, -0.1) is 0 Å². The van der Waals surface area contributed by atoms with Crippen LogP contribution >= 0.6 is 0 Å². The van der Waals surface area contributed by atoms with E-state index in [4.69, 9.17) is 25.5 Å². The maximum absolute atomic E-state index is 7.86. The van der Waals surface area contributed by atoms with Gasteiger partial charge in [0.15, 0.2) is 0 Å². The molecule has 1 aromatic heterocycles. The lowest BCUT2D eigenvalue weighted by molar-refractivity contribution is 0.415. The smallest absolute Gasteiger partial charge is 0.209 e. The van der Waals surface area contributed by atoms with Gasteiger partial charge in [-0.05, 0) is 24.6 Å². The highest BCUT2D eigenvalue weighted by Crippen LogP contribution is 2.22. The number of aromatic amines is 1. The van der Waals surface area contributed by atoms with Gasteiger partial charge >= 0.3 is 0 Å². The van der Waals surface area contributed by atoms with Gasteiger partial charge in [0.2, 0.25) is 5.96 Å². The second kappa shape index (κ2) is 8.07. The van der Waals surface area contributed by atoms with E-state index >= 15 is 0 Å². The van der Waals surface area contributed by atoms with Crippen LogP contribution in [-0.2, 0) is 0 Å². The molecule has 2 aromatic rings. The van der Waals surface area contributed by atoms with Gasteiger partial charge in [-0.2, -0.15) is 5.10 Å². The third-order valence-electron chi connectivity index (χ3n) is 2.66. The number of hydrogen-bond donors (Lipinski definition) is 3. The fourth-order valence-electron chi connectivity index (χ4n) is 1.70. The Morgan fingerprint density at radius 2 is 2.45 bits per heavy atom.